The summed E-state index contributed by atoms with van der Waals surface area (Å²) in [5, 5.41) is 7.86. The third-order valence-electron chi connectivity index (χ3n) is 6.60. The van der Waals surface area contributed by atoms with E-state index in [0.717, 1.165) is 47.4 Å². The summed E-state index contributed by atoms with van der Waals surface area (Å²) in [6.07, 6.45) is 1.30. The summed E-state index contributed by atoms with van der Waals surface area (Å²) in [4.78, 5) is 26.8. The first-order valence-electron chi connectivity index (χ1n) is 12.4. The van der Waals surface area contributed by atoms with Crippen LogP contribution in [0, 0.1) is 0 Å². The fourth-order valence-corrected chi connectivity index (χ4v) is 4.79. The number of alkyl halides is 3. The number of aromatic nitrogens is 5. The van der Waals surface area contributed by atoms with Crippen LogP contribution in [0.3, 0.4) is 0 Å². The summed E-state index contributed by atoms with van der Waals surface area (Å²) in [6, 6.07) is 12.1. The molecule has 1 aliphatic heterocycles. The summed E-state index contributed by atoms with van der Waals surface area (Å²) in [7, 11) is 0. The van der Waals surface area contributed by atoms with E-state index >= 15 is 0 Å². The molecule has 0 spiro atoms. The predicted molar refractivity (Wildman–Crippen MR) is 133 cm³/mol. The van der Waals surface area contributed by atoms with Crippen LogP contribution in [0.15, 0.2) is 48.9 Å². The molecule has 1 amide bonds. The normalized spacial score (nSPS) is 13.6. The smallest absolute Gasteiger partial charge is 0.351 e. The molecule has 1 aliphatic rings. The van der Waals surface area contributed by atoms with E-state index in [4.69, 9.17) is 0 Å². The largest absolute Gasteiger partial charge is 0.390 e. The first-order chi connectivity index (χ1) is 17.9. The van der Waals surface area contributed by atoms with Gasteiger partial charge in [0.2, 0.25) is 0 Å². The van der Waals surface area contributed by atoms with Crippen molar-refractivity contribution in [2.75, 3.05) is 18.0 Å². The molecule has 2 N–H and O–H groups in total. The molecule has 0 radical (unpaired) electrons. The average Bonchev–Trinajstić information content (AvgIpc) is 3.51. The van der Waals surface area contributed by atoms with Crippen LogP contribution >= 0.6 is 0 Å². The Morgan fingerprint density at radius 2 is 1.95 bits per heavy atom. The van der Waals surface area contributed by atoms with Gasteiger partial charge in [-0.15, -0.1) is 0 Å². The topological polar surface area (TPSA) is 91.7 Å². The van der Waals surface area contributed by atoms with Crippen LogP contribution in [0.1, 0.15) is 46.6 Å². The monoisotopic (exact) mass is 511 g/mol. The number of benzene rings is 1. The number of rotatable bonds is 9. The van der Waals surface area contributed by atoms with Crippen LogP contribution in [0.25, 0.3) is 11.0 Å². The zero-order chi connectivity index (χ0) is 25.8. The van der Waals surface area contributed by atoms with E-state index in [1.807, 2.05) is 28.9 Å². The maximum absolute atomic E-state index is 12.9. The fourth-order valence-electron chi connectivity index (χ4n) is 4.79. The quantitative estimate of drug-likeness (QED) is 0.325. The lowest BCUT2D eigenvalue weighted by Crippen LogP contribution is -2.34. The van der Waals surface area contributed by atoms with Crippen molar-refractivity contribution in [1.29, 1.82) is 0 Å². The second kappa shape index (κ2) is 10.6. The van der Waals surface area contributed by atoms with Crippen LogP contribution < -0.4 is 10.2 Å². The third kappa shape index (κ3) is 5.76. The van der Waals surface area contributed by atoms with Crippen LogP contribution in [-0.2, 0) is 25.9 Å². The Balaban J connectivity index is 1.35. The van der Waals surface area contributed by atoms with Gasteiger partial charge in [-0.3, -0.25) is 9.48 Å². The van der Waals surface area contributed by atoms with Crippen molar-refractivity contribution < 1.29 is 18.0 Å². The van der Waals surface area contributed by atoms with Crippen molar-refractivity contribution in [2.45, 2.75) is 51.4 Å². The van der Waals surface area contributed by atoms with Crippen LogP contribution in [-0.4, -0.2) is 49.9 Å². The van der Waals surface area contributed by atoms with Gasteiger partial charge in [-0.2, -0.15) is 18.3 Å². The standard InChI is InChI=1S/C26H28F3N7O/c27-26(28,29)11-13-31-25(37)22-20-16-35(24-19-9-12-30-23(19)32-17-33-24)15-10-21(20)36(34-22)14-5-4-8-18-6-2-1-3-7-18/h1-3,6-7,9,12,17H,4-5,8,10-11,13-16H2,(H,31,37)(H,30,32,33). The number of anilines is 1. The van der Waals surface area contributed by atoms with Gasteiger partial charge in [0.1, 0.15) is 17.8 Å². The minimum absolute atomic E-state index is 0.185. The van der Waals surface area contributed by atoms with Crippen molar-refractivity contribution >= 4 is 22.8 Å². The Kier molecular flexibility index (Phi) is 7.11. The van der Waals surface area contributed by atoms with Gasteiger partial charge in [-0.25, -0.2) is 9.97 Å². The summed E-state index contributed by atoms with van der Waals surface area (Å²) in [5.74, 6) is 0.163. The van der Waals surface area contributed by atoms with E-state index in [1.165, 1.54) is 11.9 Å². The number of hydrogen-bond acceptors (Lipinski definition) is 5. The number of amides is 1. The number of hydrogen-bond donors (Lipinski definition) is 2. The van der Waals surface area contributed by atoms with Crippen LogP contribution in [0.4, 0.5) is 19.0 Å². The van der Waals surface area contributed by atoms with E-state index in [9.17, 15) is 18.0 Å². The molecule has 0 unspecified atom stereocenters. The number of aryl methyl sites for hydroxylation is 2. The number of halogens is 3. The lowest BCUT2D eigenvalue weighted by molar-refractivity contribution is -0.133. The number of fused-ring (bicyclic) bond motifs is 2. The second-order valence-electron chi connectivity index (χ2n) is 9.17. The first-order valence-corrected chi connectivity index (χ1v) is 12.4. The number of nitrogens with one attached hydrogen (secondary N) is 2. The minimum Gasteiger partial charge on any atom is -0.351 e. The van der Waals surface area contributed by atoms with E-state index < -0.39 is 25.0 Å². The van der Waals surface area contributed by atoms with Gasteiger partial charge < -0.3 is 15.2 Å². The summed E-state index contributed by atoms with van der Waals surface area (Å²) >= 11 is 0. The van der Waals surface area contributed by atoms with Crippen molar-refractivity contribution in [3.05, 3.63) is 71.4 Å². The van der Waals surface area contributed by atoms with E-state index in [1.54, 1.807) is 6.20 Å². The zero-order valence-corrected chi connectivity index (χ0v) is 20.3. The molecule has 0 saturated carbocycles. The molecule has 4 heterocycles. The third-order valence-corrected chi connectivity index (χ3v) is 6.60. The lowest BCUT2D eigenvalue weighted by atomic mass is 10.0. The van der Waals surface area contributed by atoms with Crippen molar-refractivity contribution in [2.24, 2.45) is 0 Å². The fraction of sp³-hybridized carbons (Fsp3) is 0.385. The molecule has 0 aliphatic carbocycles. The Labute approximate surface area is 211 Å². The van der Waals surface area contributed by atoms with Gasteiger partial charge in [0.25, 0.3) is 5.91 Å². The number of unbranched alkanes of at least 4 members (excludes halogenated alkanes) is 1. The Morgan fingerprint density at radius 1 is 1.11 bits per heavy atom. The van der Waals surface area contributed by atoms with E-state index in [2.05, 4.69) is 42.4 Å². The lowest BCUT2D eigenvalue weighted by Gasteiger charge is -2.29. The Hall–Kier alpha value is -3.89. The van der Waals surface area contributed by atoms with Crippen LogP contribution in [0.2, 0.25) is 0 Å². The van der Waals surface area contributed by atoms with Crippen molar-refractivity contribution in [3.8, 4) is 0 Å². The Bertz CT molecular complexity index is 1360. The highest BCUT2D eigenvalue weighted by atomic mass is 19.4. The maximum Gasteiger partial charge on any atom is 0.390 e. The van der Waals surface area contributed by atoms with Gasteiger partial charge >= 0.3 is 6.18 Å². The summed E-state index contributed by atoms with van der Waals surface area (Å²) in [6.45, 7) is 1.22. The molecule has 37 heavy (non-hydrogen) atoms. The van der Waals surface area contributed by atoms with Gasteiger partial charge in [-0.1, -0.05) is 30.3 Å². The molecule has 0 bridgehead atoms. The minimum atomic E-state index is -4.34. The second-order valence-corrected chi connectivity index (χ2v) is 9.17. The number of nitrogens with zero attached hydrogens (tertiary/aromatic N) is 5. The highest BCUT2D eigenvalue weighted by molar-refractivity contribution is 5.94. The average molecular weight is 512 g/mol. The molecule has 5 rings (SSSR count). The molecule has 0 fully saturated rings. The molecular formula is C26H28F3N7O. The molecule has 8 nitrogen and oxygen atoms in total. The van der Waals surface area contributed by atoms with Gasteiger partial charge in [0.05, 0.1) is 11.8 Å². The predicted octanol–water partition coefficient (Wildman–Crippen LogP) is 4.42. The number of H-pyrrole nitrogens is 1. The number of aromatic amines is 1. The Morgan fingerprint density at radius 3 is 2.76 bits per heavy atom. The van der Waals surface area contributed by atoms with Gasteiger partial charge in [0.15, 0.2) is 5.69 Å². The molecule has 3 aromatic heterocycles. The molecular weight excluding hydrogens is 483 g/mol. The van der Waals surface area contributed by atoms with E-state index in [0.29, 0.717) is 26.1 Å². The molecule has 1 aromatic carbocycles. The SMILES string of the molecule is O=C(NCCC(F)(F)F)c1nn(CCCCc2ccccc2)c2c1CN(c1ncnc3[nH]ccc13)CC2. The molecule has 194 valence electrons. The highest BCUT2D eigenvalue weighted by Gasteiger charge is 2.31. The molecule has 11 heteroatoms. The maximum atomic E-state index is 12.9. The van der Waals surface area contributed by atoms with Gasteiger partial charge in [-0.05, 0) is 30.9 Å². The number of carbonyl (C=O) groups excluding carboxylic acids is 1. The van der Waals surface area contributed by atoms with Crippen molar-refractivity contribution in [1.82, 2.24) is 30.0 Å². The molecule has 0 atom stereocenters. The summed E-state index contributed by atoms with van der Waals surface area (Å²) in [5.41, 5.74) is 3.86. The first kappa shape index (κ1) is 24.8. The summed E-state index contributed by atoms with van der Waals surface area (Å²) < 4.78 is 39.8. The zero-order valence-electron chi connectivity index (χ0n) is 20.3. The molecule has 4 aromatic rings. The highest BCUT2D eigenvalue weighted by Crippen LogP contribution is 2.30. The van der Waals surface area contributed by atoms with Crippen LogP contribution in [0.5, 0.6) is 0 Å². The van der Waals surface area contributed by atoms with E-state index in [-0.39, 0.29) is 5.69 Å². The number of carbonyl (C=O) groups is 1. The molecule has 0 saturated heterocycles. The van der Waals surface area contributed by atoms with Crippen molar-refractivity contribution in [3.63, 3.8) is 0 Å². The van der Waals surface area contributed by atoms with Gasteiger partial charge in [0, 0.05) is 50.1 Å².